The van der Waals surface area contributed by atoms with Crippen LogP contribution in [-0.4, -0.2) is 59.1 Å². The Kier molecular flexibility index (Phi) is 11.6. The van der Waals surface area contributed by atoms with Crippen molar-refractivity contribution in [3.05, 3.63) is 59.6 Å². The molecule has 0 aromatic heterocycles. The Hall–Kier alpha value is -3.33. The number of rotatable bonds is 7. The first-order valence-corrected chi connectivity index (χ1v) is 14.5. The maximum Gasteiger partial charge on any atom is 0.348 e. The standard InChI is InChI=1S/C25H28O8.C6H15N/c26-20-18(21(27)31-24(30-20)14-8-4-9-15-24)12-6-2-1-3-7-13-19-22(28)32-25(33-23(19)29)16-10-5-11-17-25;1-4-7(5-2)6-3/h1-3,6-7,12-13,26H,4-5,8-11,14-17H2;4-6H2,1-3H3/b2-1+,7-3+,12-6+;. The highest BCUT2D eigenvalue weighted by atomic mass is 16.8. The topological polar surface area (TPSA) is 112 Å². The van der Waals surface area contributed by atoms with Crippen LogP contribution in [0.5, 0.6) is 0 Å². The predicted molar refractivity (Wildman–Crippen MR) is 150 cm³/mol. The predicted octanol–water partition coefficient (Wildman–Crippen LogP) is 5.69. The quantitative estimate of drug-likeness (QED) is 0.182. The summed E-state index contributed by atoms with van der Waals surface area (Å²) in [6.45, 7) is 10.1. The Morgan fingerprint density at radius 2 is 1.10 bits per heavy atom. The van der Waals surface area contributed by atoms with Crippen LogP contribution in [0.1, 0.15) is 85.0 Å². The van der Waals surface area contributed by atoms with Gasteiger partial charge in [0, 0.05) is 25.7 Å². The number of hydrogen-bond donors (Lipinski definition) is 1. The Morgan fingerprint density at radius 3 is 1.57 bits per heavy atom. The van der Waals surface area contributed by atoms with Gasteiger partial charge in [-0.15, -0.1) is 0 Å². The van der Waals surface area contributed by atoms with E-state index < -0.39 is 35.4 Å². The smallest absolute Gasteiger partial charge is 0.348 e. The molecule has 1 saturated heterocycles. The van der Waals surface area contributed by atoms with Crippen molar-refractivity contribution in [3.63, 3.8) is 0 Å². The molecule has 2 saturated carbocycles. The van der Waals surface area contributed by atoms with Crippen LogP contribution in [0.2, 0.25) is 0 Å². The third-order valence-electron chi connectivity index (χ3n) is 7.55. The van der Waals surface area contributed by atoms with Gasteiger partial charge in [-0.25, -0.2) is 14.4 Å². The van der Waals surface area contributed by atoms with Crippen molar-refractivity contribution in [2.45, 2.75) is 96.6 Å². The van der Waals surface area contributed by atoms with E-state index in [0.29, 0.717) is 25.7 Å². The summed E-state index contributed by atoms with van der Waals surface area (Å²) in [5.41, 5.74) is -0.202. The van der Waals surface area contributed by atoms with Crippen molar-refractivity contribution < 1.29 is 38.4 Å². The Balaban J connectivity index is 0.000000559. The lowest BCUT2D eigenvalue weighted by Crippen LogP contribution is -2.47. The summed E-state index contributed by atoms with van der Waals surface area (Å²) >= 11 is 0. The number of esters is 3. The molecule has 0 unspecified atom stereocenters. The van der Waals surface area contributed by atoms with Gasteiger partial charge in [0.2, 0.25) is 0 Å². The number of allylic oxidation sites excluding steroid dienone is 6. The second-order valence-electron chi connectivity index (χ2n) is 10.3. The minimum absolute atomic E-state index is 0.0497. The van der Waals surface area contributed by atoms with Gasteiger partial charge < -0.3 is 29.0 Å². The van der Waals surface area contributed by atoms with Crippen LogP contribution in [0.25, 0.3) is 0 Å². The van der Waals surface area contributed by atoms with Crippen LogP contribution in [0.3, 0.4) is 0 Å². The highest BCUT2D eigenvalue weighted by Crippen LogP contribution is 2.39. The second kappa shape index (κ2) is 14.9. The number of ether oxygens (including phenoxy) is 4. The molecule has 0 aromatic carbocycles. The van der Waals surface area contributed by atoms with Gasteiger partial charge in [0.05, 0.1) is 0 Å². The first-order chi connectivity index (χ1) is 19.3. The van der Waals surface area contributed by atoms with E-state index in [4.69, 9.17) is 18.9 Å². The summed E-state index contributed by atoms with van der Waals surface area (Å²) in [4.78, 5) is 39.2. The van der Waals surface area contributed by atoms with E-state index in [-0.39, 0.29) is 11.1 Å². The summed E-state index contributed by atoms with van der Waals surface area (Å²) in [5, 5.41) is 10.2. The van der Waals surface area contributed by atoms with Gasteiger partial charge in [0.15, 0.2) is 0 Å². The number of carbonyl (C=O) groups excluding carboxylic acids is 3. The zero-order valence-electron chi connectivity index (χ0n) is 24.0. The molecule has 0 radical (unpaired) electrons. The van der Waals surface area contributed by atoms with E-state index in [2.05, 4.69) is 25.7 Å². The molecule has 2 heterocycles. The van der Waals surface area contributed by atoms with E-state index in [1.807, 2.05) is 0 Å². The van der Waals surface area contributed by atoms with Gasteiger partial charge in [-0.3, -0.25) is 0 Å². The van der Waals surface area contributed by atoms with Gasteiger partial charge >= 0.3 is 17.9 Å². The van der Waals surface area contributed by atoms with E-state index in [9.17, 15) is 19.5 Å². The molecular formula is C31H43NO8. The lowest BCUT2D eigenvalue weighted by Gasteiger charge is -2.38. The molecule has 2 aliphatic carbocycles. The highest BCUT2D eigenvalue weighted by molar-refractivity contribution is 6.15. The molecule has 0 aromatic rings. The fourth-order valence-electron chi connectivity index (χ4n) is 5.15. The maximum atomic E-state index is 12.3. The molecule has 4 rings (SSSR count). The summed E-state index contributed by atoms with van der Waals surface area (Å²) < 4.78 is 21.8. The molecular weight excluding hydrogens is 514 g/mol. The fourth-order valence-corrected chi connectivity index (χ4v) is 5.15. The average Bonchev–Trinajstić information content (AvgIpc) is 2.93. The van der Waals surface area contributed by atoms with Gasteiger partial charge in [-0.2, -0.15) is 0 Å². The lowest BCUT2D eigenvalue weighted by molar-refractivity contribution is -0.249. The fraction of sp³-hybridized carbons (Fsp3) is 0.581. The molecule has 1 N–H and O–H groups in total. The molecule has 2 aliphatic heterocycles. The summed E-state index contributed by atoms with van der Waals surface area (Å²) in [6, 6.07) is 0. The summed E-state index contributed by atoms with van der Waals surface area (Å²) in [7, 11) is 0. The number of hydrogen-bond acceptors (Lipinski definition) is 9. The number of nitrogens with zero attached hydrogens (tertiary/aromatic N) is 1. The van der Waals surface area contributed by atoms with Gasteiger partial charge in [-0.05, 0) is 57.5 Å². The molecule has 0 amide bonds. The van der Waals surface area contributed by atoms with Crippen molar-refractivity contribution in [1.82, 2.24) is 4.90 Å². The molecule has 9 heteroatoms. The second-order valence-corrected chi connectivity index (χ2v) is 10.3. The Bertz CT molecular complexity index is 1020. The lowest BCUT2D eigenvalue weighted by atomic mass is 9.93. The monoisotopic (exact) mass is 557 g/mol. The van der Waals surface area contributed by atoms with Crippen LogP contribution in [0, 0.1) is 0 Å². The molecule has 4 aliphatic rings. The van der Waals surface area contributed by atoms with E-state index in [1.165, 1.54) is 37.9 Å². The SMILES string of the molecule is CCN(CC)CC.O=C1OC2(CCCCC2)OC(=O)C1=C/C=C/C=C/C=C/C1=C(O)OC2(CCCCC2)OC1=O. The van der Waals surface area contributed by atoms with Crippen LogP contribution < -0.4 is 0 Å². The Morgan fingerprint density at radius 1 is 0.650 bits per heavy atom. The van der Waals surface area contributed by atoms with E-state index in [0.717, 1.165) is 38.5 Å². The summed E-state index contributed by atoms with van der Waals surface area (Å²) in [6.07, 6.45) is 18.4. The van der Waals surface area contributed by atoms with Gasteiger partial charge in [-0.1, -0.05) is 64.0 Å². The van der Waals surface area contributed by atoms with Crippen molar-refractivity contribution in [2.75, 3.05) is 19.6 Å². The Labute approximate surface area is 237 Å². The van der Waals surface area contributed by atoms with Crippen LogP contribution in [-0.2, 0) is 33.3 Å². The molecule has 3 fully saturated rings. The van der Waals surface area contributed by atoms with Crippen LogP contribution in [0.15, 0.2) is 59.6 Å². The zero-order valence-corrected chi connectivity index (χ0v) is 24.0. The first kappa shape index (κ1) is 31.2. The van der Waals surface area contributed by atoms with Gasteiger partial charge in [0.1, 0.15) is 11.1 Å². The normalized spacial score (nSPS) is 22.4. The molecule has 220 valence electrons. The summed E-state index contributed by atoms with van der Waals surface area (Å²) in [5.74, 6) is -4.52. The minimum Gasteiger partial charge on any atom is -0.480 e. The molecule has 9 nitrogen and oxygen atoms in total. The third-order valence-corrected chi connectivity index (χ3v) is 7.55. The van der Waals surface area contributed by atoms with Crippen LogP contribution >= 0.6 is 0 Å². The first-order valence-electron chi connectivity index (χ1n) is 14.5. The molecule has 40 heavy (non-hydrogen) atoms. The average molecular weight is 558 g/mol. The molecule has 2 spiro atoms. The van der Waals surface area contributed by atoms with Crippen molar-refractivity contribution >= 4 is 17.9 Å². The highest BCUT2D eigenvalue weighted by Gasteiger charge is 2.46. The van der Waals surface area contributed by atoms with E-state index in [1.54, 1.807) is 24.3 Å². The van der Waals surface area contributed by atoms with Gasteiger partial charge in [0.25, 0.3) is 17.5 Å². The zero-order chi connectivity index (χ0) is 29.0. The third kappa shape index (κ3) is 8.34. The molecule has 0 bridgehead atoms. The van der Waals surface area contributed by atoms with Crippen molar-refractivity contribution in [3.8, 4) is 0 Å². The van der Waals surface area contributed by atoms with Crippen molar-refractivity contribution in [1.29, 1.82) is 0 Å². The maximum absolute atomic E-state index is 12.3. The number of aliphatic hydroxyl groups is 1. The van der Waals surface area contributed by atoms with Crippen LogP contribution in [0.4, 0.5) is 0 Å². The minimum atomic E-state index is -1.10. The van der Waals surface area contributed by atoms with E-state index >= 15 is 0 Å². The molecule has 0 atom stereocenters. The van der Waals surface area contributed by atoms with Crippen molar-refractivity contribution in [2.24, 2.45) is 0 Å². The number of aliphatic hydroxyl groups excluding tert-OH is 1. The largest absolute Gasteiger partial charge is 0.480 e. The number of carbonyl (C=O) groups is 3.